The first-order valence-corrected chi connectivity index (χ1v) is 7.85. The lowest BCUT2D eigenvalue weighted by molar-refractivity contribution is 0.584. The summed E-state index contributed by atoms with van der Waals surface area (Å²) in [6, 6.07) is 7.73. The maximum absolute atomic E-state index is 11.1. The van der Waals surface area contributed by atoms with E-state index in [1.54, 1.807) is 4.57 Å². The van der Waals surface area contributed by atoms with Crippen molar-refractivity contribution in [1.82, 2.24) is 19.5 Å². The van der Waals surface area contributed by atoms with Gasteiger partial charge in [-0.15, -0.1) is 0 Å². The monoisotopic (exact) mass is 298 g/mol. The molecule has 0 radical (unpaired) electrons. The van der Waals surface area contributed by atoms with Gasteiger partial charge in [-0.2, -0.15) is 5.10 Å². The minimum absolute atomic E-state index is 0.0832. The number of aromatic amines is 1. The van der Waals surface area contributed by atoms with Gasteiger partial charge in [-0.05, 0) is 31.3 Å². The van der Waals surface area contributed by atoms with Crippen LogP contribution in [0.3, 0.4) is 0 Å². The van der Waals surface area contributed by atoms with Crippen molar-refractivity contribution in [2.45, 2.75) is 13.5 Å². The normalized spacial score (nSPS) is 11.7. The molecule has 8 heteroatoms. The third kappa shape index (κ3) is 3.49. The molecule has 0 aliphatic rings. The van der Waals surface area contributed by atoms with Crippen molar-refractivity contribution >= 4 is 22.2 Å². The van der Waals surface area contributed by atoms with Gasteiger partial charge < -0.3 is 0 Å². The molecule has 2 N–H and O–H groups in total. The van der Waals surface area contributed by atoms with E-state index >= 15 is 0 Å². The first-order chi connectivity index (χ1) is 8.87. The minimum atomic E-state index is -3.27. The standard InChI is InChI=1S/C11H14N4O2S2/c1-8-3-5-9(6-4-8)15-10(13-14-11(15)18)7-12-19(2,16)17/h3-6,12H,7H2,1-2H3,(H,14,18). The van der Waals surface area contributed by atoms with Crippen LogP contribution in [-0.4, -0.2) is 29.4 Å². The topological polar surface area (TPSA) is 79.8 Å². The van der Waals surface area contributed by atoms with Crippen LogP contribution in [0.15, 0.2) is 24.3 Å². The maximum Gasteiger partial charge on any atom is 0.209 e. The van der Waals surface area contributed by atoms with Crippen molar-refractivity contribution in [2.24, 2.45) is 0 Å². The summed E-state index contributed by atoms with van der Waals surface area (Å²) >= 11 is 5.16. The molecule has 0 fully saturated rings. The second kappa shape index (κ2) is 5.24. The molecule has 0 aliphatic heterocycles. The van der Waals surface area contributed by atoms with Gasteiger partial charge in [-0.25, -0.2) is 13.1 Å². The molecule has 2 aromatic rings. The molecule has 0 bridgehead atoms. The second-order valence-electron chi connectivity index (χ2n) is 4.21. The number of aromatic nitrogens is 3. The van der Waals surface area contributed by atoms with Crippen LogP contribution < -0.4 is 4.72 Å². The van der Waals surface area contributed by atoms with Gasteiger partial charge in [-0.1, -0.05) is 17.7 Å². The molecule has 0 atom stereocenters. The Labute approximate surface area is 116 Å². The predicted octanol–water partition coefficient (Wildman–Crippen LogP) is 1.29. The van der Waals surface area contributed by atoms with Crippen molar-refractivity contribution in [3.05, 3.63) is 40.4 Å². The zero-order valence-electron chi connectivity index (χ0n) is 10.5. The van der Waals surface area contributed by atoms with Crippen LogP contribution in [-0.2, 0) is 16.6 Å². The molecule has 0 amide bonds. The molecular formula is C11H14N4O2S2. The van der Waals surface area contributed by atoms with Crippen LogP contribution >= 0.6 is 12.2 Å². The van der Waals surface area contributed by atoms with Crippen LogP contribution in [0.2, 0.25) is 0 Å². The van der Waals surface area contributed by atoms with E-state index in [2.05, 4.69) is 14.9 Å². The fourth-order valence-corrected chi connectivity index (χ4v) is 2.25. The Balaban J connectivity index is 2.38. The van der Waals surface area contributed by atoms with E-state index in [9.17, 15) is 8.42 Å². The number of nitrogens with one attached hydrogen (secondary N) is 2. The zero-order valence-corrected chi connectivity index (χ0v) is 12.2. The number of sulfonamides is 1. The number of hydrogen-bond donors (Lipinski definition) is 2. The maximum atomic E-state index is 11.1. The summed E-state index contributed by atoms with van der Waals surface area (Å²) in [6.07, 6.45) is 1.10. The molecule has 102 valence electrons. The summed E-state index contributed by atoms with van der Waals surface area (Å²) in [5.74, 6) is 0.513. The number of H-pyrrole nitrogens is 1. The second-order valence-corrected chi connectivity index (χ2v) is 6.43. The van der Waals surface area contributed by atoms with Gasteiger partial charge in [0, 0.05) is 5.69 Å². The summed E-state index contributed by atoms with van der Waals surface area (Å²) < 4.78 is 26.8. The van der Waals surface area contributed by atoms with Crippen LogP contribution in [0, 0.1) is 11.7 Å². The van der Waals surface area contributed by atoms with Gasteiger partial charge >= 0.3 is 0 Å². The summed E-state index contributed by atoms with van der Waals surface area (Å²) in [4.78, 5) is 0. The van der Waals surface area contributed by atoms with E-state index in [0.29, 0.717) is 10.6 Å². The number of nitrogens with zero attached hydrogens (tertiary/aromatic N) is 2. The molecule has 0 saturated carbocycles. The summed E-state index contributed by atoms with van der Waals surface area (Å²) in [5.41, 5.74) is 1.98. The number of aryl methyl sites for hydroxylation is 1. The smallest absolute Gasteiger partial charge is 0.209 e. The van der Waals surface area contributed by atoms with E-state index in [0.717, 1.165) is 17.5 Å². The number of hydrogen-bond acceptors (Lipinski definition) is 4. The Hall–Kier alpha value is -1.51. The Morgan fingerprint density at radius 1 is 1.37 bits per heavy atom. The Bertz CT molecular complexity index is 729. The van der Waals surface area contributed by atoms with Crippen molar-refractivity contribution in [1.29, 1.82) is 0 Å². The molecule has 1 aromatic carbocycles. The number of benzene rings is 1. The predicted molar refractivity (Wildman–Crippen MR) is 75.2 cm³/mol. The lowest BCUT2D eigenvalue weighted by Gasteiger charge is -2.07. The lowest BCUT2D eigenvalue weighted by atomic mass is 10.2. The Kier molecular flexibility index (Phi) is 3.83. The van der Waals surface area contributed by atoms with Crippen LogP contribution in [0.1, 0.15) is 11.4 Å². The molecule has 2 rings (SSSR count). The molecule has 19 heavy (non-hydrogen) atoms. The molecule has 0 spiro atoms. The number of rotatable bonds is 4. The third-order valence-corrected chi connectivity index (χ3v) is 3.47. The molecule has 0 saturated heterocycles. The average molecular weight is 298 g/mol. The van der Waals surface area contributed by atoms with Crippen molar-refractivity contribution in [3.63, 3.8) is 0 Å². The van der Waals surface area contributed by atoms with E-state index in [1.807, 2.05) is 31.2 Å². The molecule has 0 unspecified atom stereocenters. The summed E-state index contributed by atoms with van der Waals surface area (Å²) in [6.45, 7) is 2.07. The lowest BCUT2D eigenvalue weighted by Crippen LogP contribution is -2.23. The fraction of sp³-hybridized carbons (Fsp3) is 0.273. The highest BCUT2D eigenvalue weighted by atomic mass is 32.2. The van der Waals surface area contributed by atoms with Gasteiger partial charge in [-0.3, -0.25) is 9.67 Å². The fourth-order valence-electron chi connectivity index (χ4n) is 1.60. The minimum Gasteiger partial charge on any atom is -0.271 e. The molecular weight excluding hydrogens is 284 g/mol. The van der Waals surface area contributed by atoms with Crippen molar-refractivity contribution < 1.29 is 8.42 Å². The van der Waals surface area contributed by atoms with Gasteiger partial charge in [0.25, 0.3) is 0 Å². The third-order valence-electron chi connectivity index (χ3n) is 2.53. The molecule has 6 nitrogen and oxygen atoms in total. The summed E-state index contributed by atoms with van der Waals surface area (Å²) in [7, 11) is -3.27. The van der Waals surface area contributed by atoms with Gasteiger partial charge in [0.05, 0.1) is 12.8 Å². The SMILES string of the molecule is Cc1ccc(-n2c(CNS(C)(=O)=O)n[nH]c2=S)cc1. The van der Waals surface area contributed by atoms with Crippen LogP contribution in [0.25, 0.3) is 5.69 Å². The van der Waals surface area contributed by atoms with E-state index in [1.165, 1.54) is 0 Å². The quantitative estimate of drug-likeness (QED) is 0.834. The highest BCUT2D eigenvalue weighted by Crippen LogP contribution is 2.12. The van der Waals surface area contributed by atoms with E-state index < -0.39 is 10.0 Å². The highest BCUT2D eigenvalue weighted by Gasteiger charge is 2.10. The van der Waals surface area contributed by atoms with Gasteiger partial charge in [0.1, 0.15) is 0 Å². The van der Waals surface area contributed by atoms with Crippen LogP contribution in [0.4, 0.5) is 0 Å². The first kappa shape index (κ1) is 13.9. The highest BCUT2D eigenvalue weighted by molar-refractivity contribution is 7.88. The molecule has 1 aromatic heterocycles. The van der Waals surface area contributed by atoms with Crippen molar-refractivity contribution in [2.75, 3.05) is 6.26 Å². The largest absolute Gasteiger partial charge is 0.271 e. The Morgan fingerprint density at radius 2 is 2.00 bits per heavy atom. The molecule has 1 heterocycles. The molecule has 0 aliphatic carbocycles. The average Bonchev–Trinajstić information content (AvgIpc) is 2.68. The van der Waals surface area contributed by atoms with Crippen molar-refractivity contribution in [3.8, 4) is 5.69 Å². The van der Waals surface area contributed by atoms with E-state index in [-0.39, 0.29) is 6.54 Å². The summed E-state index contributed by atoms with van der Waals surface area (Å²) in [5, 5.41) is 6.70. The van der Waals surface area contributed by atoms with Gasteiger partial charge in [0.2, 0.25) is 10.0 Å². The van der Waals surface area contributed by atoms with Crippen LogP contribution in [0.5, 0.6) is 0 Å². The van der Waals surface area contributed by atoms with Gasteiger partial charge in [0.15, 0.2) is 10.6 Å². The Morgan fingerprint density at radius 3 is 2.58 bits per heavy atom. The first-order valence-electron chi connectivity index (χ1n) is 5.55. The zero-order chi connectivity index (χ0) is 14.0. The van der Waals surface area contributed by atoms with E-state index in [4.69, 9.17) is 12.2 Å².